The average molecular weight is 272 g/mol. The Bertz CT molecular complexity index is 365. The fourth-order valence-corrected chi connectivity index (χ4v) is 2.44. The summed E-state index contributed by atoms with van der Waals surface area (Å²) in [4.78, 5) is 11.8. The third-order valence-corrected chi connectivity index (χ3v) is 3.96. The molecule has 0 saturated heterocycles. The minimum atomic E-state index is -0.0743. The standard InChI is InChI=1S/C10H14BrN3O/c1-14-6-3-8(13-14)9(15)12-10(7-11)4-2-5-10/h3,6H,2,4-5,7H2,1H3,(H,12,15). The van der Waals surface area contributed by atoms with E-state index < -0.39 is 0 Å². The number of amides is 1. The van der Waals surface area contributed by atoms with Crippen molar-refractivity contribution in [2.24, 2.45) is 7.05 Å². The van der Waals surface area contributed by atoms with E-state index in [2.05, 4.69) is 26.3 Å². The predicted octanol–water partition coefficient (Wildman–Crippen LogP) is 1.47. The zero-order chi connectivity index (χ0) is 10.9. The molecule has 0 radical (unpaired) electrons. The molecule has 1 aromatic heterocycles. The van der Waals surface area contributed by atoms with E-state index in [1.807, 2.05) is 0 Å². The minimum absolute atomic E-state index is 0.0331. The van der Waals surface area contributed by atoms with Crippen molar-refractivity contribution in [1.29, 1.82) is 0 Å². The maximum atomic E-state index is 11.8. The molecule has 15 heavy (non-hydrogen) atoms. The first-order valence-electron chi connectivity index (χ1n) is 5.03. The maximum Gasteiger partial charge on any atom is 0.272 e. The molecule has 1 aliphatic rings. The highest BCUT2D eigenvalue weighted by Gasteiger charge is 2.37. The third kappa shape index (κ3) is 2.07. The first-order valence-corrected chi connectivity index (χ1v) is 6.15. The van der Waals surface area contributed by atoms with Crippen LogP contribution in [0.3, 0.4) is 0 Å². The monoisotopic (exact) mass is 271 g/mol. The van der Waals surface area contributed by atoms with Crippen LogP contribution in [0.5, 0.6) is 0 Å². The van der Waals surface area contributed by atoms with Crippen molar-refractivity contribution in [1.82, 2.24) is 15.1 Å². The molecule has 1 fully saturated rings. The van der Waals surface area contributed by atoms with Crippen LogP contribution in [0.25, 0.3) is 0 Å². The molecule has 1 N–H and O–H groups in total. The van der Waals surface area contributed by atoms with Gasteiger partial charge in [0.15, 0.2) is 0 Å². The number of nitrogens with zero attached hydrogens (tertiary/aromatic N) is 2. The molecular weight excluding hydrogens is 258 g/mol. The molecule has 1 amide bonds. The summed E-state index contributed by atoms with van der Waals surface area (Å²) in [6.07, 6.45) is 5.07. The Morgan fingerprint density at radius 2 is 2.47 bits per heavy atom. The normalized spacial score (nSPS) is 18.3. The SMILES string of the molecule is Cn1ccc(C(=O)NC2(CBr)CCC2)n1. The molecule has 0 spiro atoms. The summed E-state index contributed by atoms with van der Waals surface area (Å²) in [5.74, 6) is -0.0743. The molecule has 4 nitrogen and oxygen atoms in total. The number of aromatic nitrogens is 2. The van der Waals surface area contributed by atoms with Gasteiger partial charge < -0.3 is 5.32 Å². The van der Waals surface area contributed by atoms with Crippen molar-refractivity contribution < 1.29 is 4.79 Å². The van der Waals surface area contributed by atoms with E-state index in [0.717, 1.165) is 18.2 Å². The van der Waals surface area contributed by atoms with E-state index in [0.29, 0.717) is 5.69 Å². The van der Waals surface area contributed by atoms with Crippen molar-refractivity contribution in [3.8, 4) is 0 Å². The van der Waals surface area contributed by atoms with Crippen molar-refractivity contribution in [2.75, 3.05) is 5.33 Å². The summed E-state index contributed by atoms with van der Waals surface area (Å²) in [6.45, 7) is 0. The molecule has 0 aromatic carbocycles. The smallest absolute Gasteiger partial charge is 0.272 e. The number of aryl methyl sites for hydroxylation is 1. The first kappa shape index (κ1) is 10.7. The van der Waals surface area contributed by atoms with Crippen LogP contribution in [0.2, 0.25) is 0 Å². The topological polar surface area (TPSA) is 46.9 Å². The van der Waals surface area contributed by atoms with Crippen LogP contribution in [-0.4, -0.2) is 26.6 Å². The van der Waals surface area contributed by atoms with Gasteiger partial charge in [-0.2, -0.15) is 5.10 Å². The van der Waals surface area contributed by atoms with Crippen LogP contribution in [0.15, 0.2) is 12.3 Å². The summed E-state index contributed by atoms with van der Waals surface area (Å²) in [6, 6.07) is 1.73. The number of carbonyl (C=O) groups excluding carboxylic acids is 1. The summed E-state index contributed by atoms with van der Waals surface area (Å²) in [5, 5.41) is 7.94. The lowest BCUT2D eigenvalue weighted by Crippen LogP contribution is -2.54. The number of hydrogen-bond donors (Lipinski definition) is 1. The Balaban J connectivity index is 2.03. The molecule has 2 rings (SSSR count). The molecule has 82 valence electrons. The second-order valence-corrected chi connectivity index (χ2v) is 4.66. The number of halogens is 1. The zero-order valence-electron chi connectivity index (χ0n) is 8.66. The van der Waals surface area contributed by atoms with Gasteiger partial charge in [-0.25, -0.2) is 0 Å². The van der Waals surface area contributed by atoms with Crippen LogP contribution < -0.4 is 5.32 Å². The summed E-state index contributed by atoms with van der Waals surface area (Å²) in [7, 11) is 1.81. The molecule has 0 bridgehead atoms. The Labute approximate surface area is 97.2 Å². The van der Waals surface area contributed by atoms with Crippen LogP contribution in [0, 0.1) is 0 Å². The Kier molecular flexibility index (Phi) is 2.82. The second kappa shape index (κ2) is 3.96. The highest BCUT2D eigenvalue weighted by molar-refractivity contribution is 9.09. The number of alkyl halides is 1. The predicted molar refractivity (Wildman–Crippen MR) is 61.1 cm³/mol. The molecule has 1 saturated carbocycles. The van der Waals surface area contributed by atoms with Gasteiger partial charge in [0.1, 0.15) is 5.69 Å². The van der Waals surface area contributed by atoms with Crippen molar-refractivity contribution in [3.05, 3.63) is 18.0 Å². The van der Waals surface area contributed by atoms with Gasteiger partial charge in [-0.15, -0.1) is 0 Å². The minimum Gasteiger partial charge on any atom is -0.344 e. The molecule has 0 atom stereocenters. The van der Waals surface area contributed by atoms with Crippen LogP contribution in [0.1, 0.15) is 29.8 Å². The van der Waals surface area contributed by atoms with Gasteiger partial charge >= 0.3 is 0 Å². The van der Waals surface area contributed by atoms with Crippen molar-refractivity contribution >= 4 is 21.8 Å². The molecule has 5 heteroatoms. The fraction of sp³-hybridized carbons (Fsp3) is 0.600. The maximum absolute atomic E-state index is 11.8. The number of rotatable bonds is 3. The van der Waals surface area contributed by atoms with E-state index in [-0.39, 0.29) is 11.4 Å². The first-order chi connectivity index (χ1) is 7.15. The molecular formula is C10H14BrN3O. The van der Waals surface area contributed by atoms with Crippen molar-refractivity contribution in [2.45, 2.75) is 24.8 Å². The van der Waals surface area contributed by atoms with Gasteiger partial charge in [0, 0.05) is 18.6 Å². The third-order valence-electron chi connectivity index (χ3n) is 2.89. The van der Waals surface area contributed by atoms with Gasteiger partial charge in [0.05, 0.1) is 5.54 Å². The van der Waals surface area contributed by atoms with E-state index in [1.165, 1.54) is 6.42 Å². The Hall–Kier alpha value is -0.840. The number of hydrogen-bond acceptors (Lipinski definition) is 2. The van der Waals surface area contributed by atoms with Crippen molar-refractivity contribution in [3.63, 3.8) is 0 Å². The van der Waals surface area contributed by atoms with Crippen LogP contribution in [-0.2, 0) is 7.05 Å². The van der Waals surface area contributed by atoms with Crippen LogP contribution in [0.4, 0.5) is 0 Å². The molecule has 0 unspecified atom stereocenters. The Morgan fingerprint density at radius 1 is 1.73 bits per heavy atom. The molecule has 1 aromatic rings. The largest absolute Gasteiger partial charge is 0.344 e. The summed E-state index contributed by atoms with van der Waals surface area (Å²) < 4.78 is 1.64. The van der Waals surface area contributed by atoms with Gasteiger partial charge in [-0.05, 0) is 25.3 Å². The van der Waals surface area contributed by atoms with Gasteiger partial charge in [0.25, 0.3) is 5.91 Å². The molecule has 1 heterocycles. The van der Waals surface area contributed by atoms with Gasteiger partial charge in [-0.1, -0.05) is 15.9 Å². The van der Waals surface area contributed by atoms with Crippen LogP contribution >= 0.6 is 15.9 Å². The molecule has 0 aliphatic heterocycles. The van der Waals surface area contributed by atoms with E-state index in [1.54, 1.807) is 24.0 Å². The number of carbonyl (C=O) groups is 1. The highest BCUT2D eigenvalue weighted by Crippen LogP contribution is 2.33. The summed E-state index contributed by atoms with van der Waals surface area (Å²) in [5.41, 5.74) is 0.457. The van der Waals surface area contributed by atoms with E-state index in [9.17, 15) is 4.79 Å². The second-order valence-electron chi connectivity index (χ2n) is 4.10. The fourth-order valence-electron chi connectivity index (χ4n) is 1.74. The lowest BCUT2D eigenvalue weighted by molar-refractivity contribution is 0.0850. The lowest BCUT2D eigenvalue weighted by Gasteiger charge is -2.40. The lowest BCUT2D eigenvalue weighted by atomic mass is 9.78. The zero-order valence-corrected chi connectivity index (χ0v) is 10.2. The van der Waals surface area contributed by atoms with Gasteiger partial charge in [0.2, 0.25) is 0 Å². The average Bonchev–Trinajstić information content (AvgIpc) is 2.58. The summed E-state index contributed by atoms with van der Waals surface area (Å²) >= 11 is 3.45. The molecule has 1 aliphatic carbocycles. The van der Waals surface area contributed by atoms with Gasteiger partial charge in [-0.3, -0.25) is 9.48 Å². The highest BCUT2D eigenvalue weighted by atomic mass is 79.9. The van der Waals surface area contributed by atoms with E-state index in [4.69, 9.17) is 0 Å². The quantitative estimate of drug-likeness (QED) is 0.847. The number of nitrogens with one attached hydrogen (secondary N) is 1. The van der Waals surface area contributed by atoms with E-state index >= 15 is 0 Å². The Morgan fingerprint density at radius 3 is 2.87 bits per heavy atom.